The zero-order chi connectivity index (χ0) is 20.0. The van der Waals surface area contributed by atoms with Gasteiger partial charge in [0.25, 0.3) is 11.5 Å². The number of carbonyl (C=O) groups excluding carboxylic acids is 1. The number of fused-ring (bicyclic) bond motifs is 4. The van der Waals surface area contributed by atoms with Crippen LogP contribution in [0.5, 0.6) is 0 Å². The van der Waals surface area contributed by atoms with Crippen LogP contribution in [0.25, 0.3) is 0 Å². The van der Waals surface area contributed by atoms with E-state index in [1.165, 1.54) is 25.0 Å². The molecule has 0 radical (unpaired) electrons. The van der Waals surface area contributed by atoms with Gasteiger partial charge in [-0.15, -0.1) is 0 Å². The minimum Gasteiger partial charge on any atom is -0.336 e. The summed E-state index contributed by atoms with van der Waals surface area (Å²) in [4.78, 5) is 34.0. The highest BCUT2D eigenvalue weighted by Gasteiger charge is 2.37. The maximum absolute atomic E-state index is 13.1. The van der Waals surface area contributed by atoms with Crippen molar-refractivity contribution < 1.29 is 9.18 Å². The number of piperidine rings is 1. The predicted molar refractivity (Wildman–Crippen MR) is 106 cm³/mol. The van der Waals surface area contributed by atoms with Gasteiger partial charge in [0.2, 0.25) is 0 Å². The normalized spacial score (nSPS) is 23.8. The van der Waals surface area contributed by atoms with Crippen LogP contribution < -0.4 is 5.56 Å². The average molecular weight is 396 g/mol. The number of hydrogen-bond acceptors (Lipinski definition) is 4. The van der Waals surface area contributed by atoms with Crippen molar-refractivity contribution in [2.75, 3.05) is 26.2 Å². The molecule has 0 unspecified atom stereocenters. The molecule has 7 heteroatoms. The number of halogens is 1. The Bertz CT molecular complexity index is 981. The second-order valence-electron chi connectivity index (χ2n) is 8.55. The Labute approximate surface area is 169 Å². The van der Waals surface area contributed by atoms with E-state index >= 15 is 0 Å². The fourth-order valence-electron chi connectivity index (χ4n) is 5.12. The van der Waals surface area contributed by atoms with Crippen molar-refractivity contribution >= 4 is 5.91 Å². The zero-order valence-corrected chi connectivity index (χ0v) is 16.4. The van der Waals surface area contributed by atoms with E-state index in [9.17, 15) is 14.0 Å². The predicted octanol–water partition coefficient (Wildman–Crippen LogP) is 2.24. The van der Waals surface area contributed by atoms with Crippen molar-refractivity contribution in [2.24, 2.45) is 5.92 Å². The molecule has 2 saturated heterocycles. The summed E-state index contributed by atoms with van der Waals surface area (Å²) in [5, 5.41) is 0. The first-order valence-electron chi connectivity index (χ1n) is 10.4. The Kier molecular flexibility index (Phi) is 4.70. The summed E-state index contributed by atoms with van der Waals surface area (Å²) in [6.07, 6.45) is 4.49. The Hall–Kier alpha value is -2.54. The molecule has 2 bridgehead atoms. The monoisotopic (exact) mass is 396 g/mol. The Morgan fingerprint density at radius 3 is 2.69 bits per heavy atom. The van der Waals surface area contributed by atoms with Gasteiger partial charge in [-0.05, 0) is 56.5 Å². The molecule has 152 valence electrons. The van der Waals surface area contributed by atoms with E-state index < -0.39 is 5.82 Å². The van der Waals surface area contributed by atoms with E-state index in [0.29, 0.717) is 19.6 Å². The molecule has 2 fully saturated rings. The van der Waals surface area contributed by atoms with Gasteiger partial charge in [-0.3, -0.25) is 14.5 Å². The van der Waals surface area contributed by atoms with Crippen LogP contribution in [0.15, 0.2) is 35.3 Å². The van der Waals surface area contributed by atoms with E-state index in [-0.39, 0.29) is 29.0 Å². The van der Waals surface area contributed by atoms with Crippen LogP contribution in [0.4, 0.5) is 4.39 Å². The van der Waals surface area contributed by atoms with Crippen LogP contribution in [0, 0.1) is 11.7 Å². The molecule has 0 aliphatic carbocycles. The lowest BCUT2D eigenvalue weighted by molar-refractivity contribution is 0.0588. The van der Waals surface area contributed by atoms with Crippen molar-refractivity contribution in [1.29, 1.82) is 0 Å². The molecule has 0 spiro atoms. The lowest BCUT2D eigenvalue weighted by Gasteiger charge is -2.42. The summed E-state index contributed by atoms with van der Waals surface area (Å²) in [5.41, 5.74) is 2.30. The zero-order valence-electron chi connectivity index (χ0n) is 16.4. The van der Waals surface area contributed by atoms with E-state index in [0.717, 1.165) is 43.5 Å². The van der Waals surface area contributed by atoms with Crippen LogP contribution >= 0.6 is 0 Å². The summed E-state index contributed by atoms with van der Waals surface area (Å²) in [7, 11) is 0. The Morgan fingerprint density at radius 2 is 1.93 bits per heavy atom. The second-order valence-corrected chi connectivity index (χ2v) is 8.55. The largest absolute Gasteiger partial charge is 0.336 e. The first kappa shape index (κ1) is 18.5. The van der Waals surface area contributed by atoms with Gasteiger partial charge in [0.1, 0.15) is 11.5 Å². The molecule has 6 nitrogen and oxygen atoms in total. The number of nitrogens with zero attached hydrogens (tertiary/aromatic N) is 4. The number of likely N-dealkylation sites (tertiary alicyclic amines) is 2. The van der Waals surface area contributed by atoms with Gasteiger partial charge in [-0.25, -0.2) is 9.37 Å². The quantitative estimate of drug-likeness (QED) is 0.799. The number of amides is 1. The molecule has 2 aromatic heterocycles. The third-order valence-corrected chi connectivity index (χ3v) is 6.51. The summed E-state index contributed by atoms with van der Waals surface area (Å²) in [6, 6.07) is 6.76. The highest BCUT2D eigenvalue weighted by atomic mass is 19.1. The molecule has 3 aliphatic rings. The van der Waals surface area contributed by atoms with Crippen molar-refractivity contribution in [1.82, 2.24) is 19.4 Å². The van der Waals surface area contributed by atoms with E-state index in [2.05, 4.69) is 16.0 Å². The fourth-order valence-corrected chi connectivity index (χ4v) is 5.12. The van der Waals surface area contributed by atoms with Gasteiger partial charge >= 0.3 is 0 Å². The van der Waals surface area contributed by atoms with Crippen LogP contribution in [-0.2, 0) is 13.1 Å². The molecule has 0 N–H and O–H groups in total. The lowest BCUT2D eigenvalue weighted by atomic mass is 9.83. The first-order valence-corrected chi connectivity index (χ1v) is 10.4. The van der Waals surface area contributed by atoms with E-state index in [1.807, 2.05) is 15.5 Å². The summed E-state index contributed by atoms with van der Waals surface area (Å²) < 4.78 is 15.1. The topological polar surface area (TPSA) is 58.4 Å². The third kappa shape index (κ3) is 3.48. The summed E-state index contributed by atoms with van der Waals surface area (Å²) >= 11 is 0. The average Bonchev–Trinajstić information content (AvgIpc) is 3.23. The van der Waals surface area contributed by atoms with Gasteiger partial charge in [0, 0.05) is 43.4 Å². The van der Waals surface area contributed by atoms with Crippen molar-refractivity contribution in [2.45, 2.75) is 38.3 Å². The molecule has 5 rings (SSSR count). The van der Waals surface area contributed by atoms with Crippen LogP contribution in [-0.4, -0.2) is 51.4 Å². The van der Waals surface area contributed by atoms with Gasteiger partial charge in [0.05, 0.1) is 6.20 Å². The molecule has 1 amide bonds. The molecule has 0 saturated carbocycles. The lowest BCUT2D eigenvalue weighted by Crippen LogP contribution is -2.49. The van der Waals surface area contributed by atoms with E-state index in [1.54, 1.807) is 0 Å². The number of hydrogen-bond donors (Lipinski definition) is 0. The Morgan fingerprint density at radius 1 is 1.10 bits per heavy atom. The molecule has 3 aliphatic heterocycles. The molecular weight excluding hydrogens is 371 g/mol. The molecule has 5 heterocycles. The van der Waals surface area contributed by atoms with Crippen molar-refractivity contribution in [3.8, 4) is 0 Å². The molecular formula is C22H25FN4O2. The number of carbonyl (C=O) groups is 1. The van der Waals surface area contributed by atoms with Gasteiger partial charge < -0.3 is 9.47 Å². The van der Waals surface area contributed by atoms with Crippen LogP contribution in [0.1, 0.15) is 46.9 Å². The summed E-state index contributed by atoms with van der Waals surface area (Å²) in [5.74, 6) is -0.206. The van der Waals surface area contributed by atoms with Gasteiger partial charge in [0.15, 0.2) is 0 Å². The van der Waals surface area contributed by atoms with Crippen molar-refractivity contribution in [3.63, 3.8) is 0 Å². The summed E-state index contributed by atoms with van der Waals surface area (Å²) in [6.45, 7) is 4.70. The third-order valence-electron chi connectivity index (χ3n) is 6.51. The highest BCUT2D eigenvalue weighted by Crippen LogP contribution is 2.35. The minimum atomic E-state index is -0.449. The van der Waals surface area contributed by atoms with Gasteiger partial charge in [-0.1, -0.05) is 6.07 Å². The van der Waals surface area contributed by atoms with Crippen LogP contribution in [0.2, 0.25) is 0 Å². The van der Waals surface area contributed by atoms with Gasteiger partial charge in [-0.2, -0.15) is 0 Å². The van der Waals surface area contributed by atoms with Crippen molar-refractivity contribution in [3.05, 3.63) is 63.6 Å². The molecule has 2 atom stereocenters. The maximum atomic E-state index is 13.1. The Balaban J connectivity index is 1.38. The van der Waals surface area contributed by atoms with E-state index in [4.69, 9.17) is 0 Å². The minimum absolute atomic E-state index is 0.129. The molecule has 29 heavy (non-hydrogen) atoms. The molecule has 0 aromatic carbocycles. The number of pyridine rings is 2. The smallest absolute Gasteiger partial charge is 0.272 e. The number of rotatable bonds is 3. The maximum Gasteiger partial charge on any atom is 0.272 e. The second kappa shape index (κ2) is 7.37. The fraction of sp³-hybridized carbons (Fsp3) is 0.500. The number of aromatic nitrogens is 2. The standard InChI is InChI=1S/C22H25FN4O2/c23-18-4-5-19(24-10-18)22(29)26-11-15-9-17(14-26)20-6-3-16(21(28)27(20)12-15)13-25-7-1-2-8-25/h3-6,10,15,17H,1-2,7-9,11-14H2/t15-,17+/m0/s1. The SMILES string of the molecule is O=C(c1ccc(F)cn1)N1C[C@@H]2C[C@H](C1)c1ccc(CN3CCCC3)c(=O)n1C2. The first-order chi connectivity index (χ1) is 14.1. The van der Waals surface area contributed by atoms with Crippen LogP contribution in [0.3, 0.4) is 0 Å². The highest BCUT2D eigenvalue weighted by molar-refractivity contribution is 5.92. The molecule has 2 aromatic rings.